The first-order chi connectivity index (χ1) is 18.5. The molecule has 3 aromatic carbocycles. The summed E-state index contributed by atoms with van der Waals surface area (Å²) in [5.74, 6) is -2.11. The van der Waals surface area contributed by atoms with E-state index in [-0.39, 0.29) is 28.2 Å². The largest absolute Gasteiger partial charge is 0.416 e. The SMILES string of the molecule is C=C/C(=C\S)C(=O)Nc1n[nH]c2c(F)c(-c3ccc(NC(=O)Nc4cc(C(F)(F)F)ccc4F)cc3)ccc12. The van der Waals surface area contributed by atoms with Crippen LogP contribution in [0.4, 0.5) is 43.9 Å². The van der Waals surface area contributed by atoms with Gasteiger partial charge in [0.1, 0.15) is 11.3 Å². The molecule has 0 atom stereocenters. The summed E-state index contributed by atoms with van der Waals surface area (Å²) < 4.78 is 67.8. The van der Waals surface area contributed by atoms with Crippen LogP contribution >= 0.6 is 12.6 Å². The Bertz CT molecular complexity index is 1610. The highest BCUT2D eigenvalue weighted by atomic mass is 32.1. The van der Waals surface area contributed by atoms with Crippen LogP contribution in [0.25, 0.3) is 22.0 Å². The quantitative estimate of drug-likeness (QED) is 0.0754. The zero-order valence-corrected chi connectivity index (χ0v) is 20.6. The van der Waals surface area contributed by atoms with Gasteiger partial charge in [-0.25, -0.2) is 13.6 Å². The Labute approximate surface area is 223 Å². The molecule has 0 unspecified atom stereocenters. The molecule has 200 valence electrons. The molecule has 3 amide bonds. The standard InChI is InChI=1S/C26H18F5N5O2S/c1-2-13(12-39)24(37)34-23-18-9-8-17(21(28)22(18)35-36-23)14-3-6-16(7-4-14)32-25(38)33-20-11-15(26(29,30)31)5-10-19(20)27/h2-12,39H,1H2,(H2,32,33,38)(H2,34,35,36,37)/b13-12+. The third-order valence-corrected chi connectivity index (χ3v) is 5.80. The van der Waals surface area contributed by atoms with Gasteiger partial charge in [-0.3, -0.25) is 9.89 Å². The second-order valence-electron chi connectivity index (χ2n) is 8.01. The number of benzene rings is 3. The van der Waals surface area contributed by atoms with Gasteiger partial charge in [-0.2, -0.15) is 30.9 Å². The molecular formula is C26H18F5N5O2S. The highest BCUT2D eigenvalue weighted by Gasteiger charge is 2.31. The number of hydrogen-bond donors (Lipinski definition) is 5. The number of thiol groups is 1. The lowest BCUT2D eigenvalue weighted by molar-refractivity contribution is -0.137. The van der Waals surface area contributed by atoms with E-state index in [1.54, 1.807) is 6.07 Å². The van der Waals surface area contributed by atoms with E-state index in [0.717, 1.165) is 0 Å². The number of carbonyl (C=O) groups is 2. The maximum Gasteiger partial charge on any atom is 0.416 e. The number of fused-ring (bicyclic) bond motifs is 1. The Hall–Kier alpha value is -4.65. The van der Waals surface area contributed by atoms with Gasteiger partial charge < -0.3 is 16.0 Å². The van der Waals surface area contributed by atoms with Crippen molar-refractivity contribution in [2.75, 3.05) is 16.0 Å². The van der Waals surface area contributed by atoms with Gasteiger partial charge in [-0.15, -0.1) is 0 Å². The molecule has 13 heteroatoms. The predicted octanol–water partition coefficient (Wildman–Crippen LogP) is 7.11. The third-order valence-electron chi connectivity index (χ3n) is 5.53. The Balaban J connectivity index is 1.49. The molecule has 0 bridgehead atoms. The number of urea groups is 1. The molecule has 39 heavy (non-hydrogen) atoms. The van der Waals surface area contributed by atoms with Crippen LogP contribution in [0.15, 0.2) is 78.2 Å². The highest BCUT2D eigenvalue weighted by Crippen LogP contribution is 2.33. The normalized spacial score (nSPS) is 11.8. The molecule has 4 N–H and O–H groups in total. The fraction of sp³-hybridized carbons (Fsp3) is 0.0385. The minimum Gasteiger partial charge on any atom is -0.308 e. The van der Waals surface area contributed by atoms with Crippen molar-refractivity contribution < 1.29 is 31.5 Å². The van der Waals surface area contributed by atoms with Crippen molar-refractivity contribution in [3.8, 4) is 11.1 Å². The third kappa shape index (κ3) is 5.93. The Kier molecular flexibility index (Phi) is 7.72. The second kappa shape index (κ2) is 11.0. The zero-order valence-electron chi connectivity index (χ0n) is 19.7. The van der Waals surface area contributed by atoms with Gasteiger partial charge in [0, 0.05) is 22.2 Å². The summed E-state index contributed by atoms with van der Waals surface area (Å²) >= 11 is 3.93. The number of alkyl halides is 3. The number of rotatable bonds is 6. The molecular weight excluding hydrogens is 541 g/mol. The van der Waals surface area contributed by atoms with E-state index in [4.69, 9.17) is 0 Å². The van der Waals surface area contributed by atoms with Crippen LogP contribution in [-0.2, 0) is 11.0 Å². The second-order valence-corrected chi connectivity index (χ2v) is 8.27. The molecule has 0 saturated carbocycles. The summed E-state index contributed by atoms with van der Waals surface area (Å²) in [6.07, 6.45) is -3.40. The van der Waals surface area contributed by atoms with E-state index < -0.39 is 41.0 Å². The molecule has 7 nitrogen and oxygen atoms in total. The monoisotopic (exact) mass is 559 g/mol. The maximum atomic E-state index is 15.3. The molecule has 0 saturated heterocycles. The number of nitrogens with zero attached hydrogens (tertiary/aromatic N) is 1. The average Bonchev–Trinajstić information content (AvgIpc) is 3.29. The predicted molar refractivity (Wildman–Crippen MR) is 141 cm³/mol. The van der Waals surface area contributed by atoms with Crippen molar-refractivity contribution in [2.45, 2.75) is 6.18 Å². The molecule has 0 aliphatic rings. The number of anilines is 3. The molecule has 1 aromatic heterocycles. The van der Waals surface area contributed by atoms with E-state index in [1.807, 2.05) is 5.32 Å². The van der Waals surface area contributed by atoms with Crippen molar-refractivity contribution in [1.82, 2.24) is 10.2 Å². The van der Waals surface area contributed by atoms with Gasteiger partial charge in [0.15, 0.2) is 11.6 Å². The number of aromatic nitrogens is 2. The number of amides is 3. The van der Waals surface area contributed by atoms with Crippen molar-refractivity contribution in [3.63, 3.8) is 0 Å². The van der Waals surface area contributed by atoms with Crippen molar-refractivity contribution >= 4 is 52.7 Å². The molecule has 1 heterocycles. The smallest absolute Gasteiger partial charge is 0.308 e. The van der Waals surface area contributed by atoms with Gasteiger partial charge in [0.2, 0.25) is 0 Å². The minimum absolute atomic E-state index is 0.0440. The first-order valence-electron chi connectivity index (χ1n) is 11.0. The summed E-state index contributed by atoms with van der Waals surface area (Å²) in [5, 5.41) is 15.1. The minimum atomic E-state index is -4.71. The Morgan fingerprint density at radius 2 is 1.69 bits per heavy atom. The zero-order chi connectivity index (χ0) is 28.3. The number of aromatic amines is 1. The van der Waals surface area contributed by atoms with Gasteiger partial charge in [0.25, 0.3) is 5.91 Å². The number of H-pyrrole nitrogens is 1. The number of carbonyl (C=O) groups excluding carboxylic acids is 2. The Morgan fingerprint density at radius 1 is 0.974 bits per heavy atom. The van der Waals surface area contributed by atoms with Crippen molar-refractivity contribution in [1.29, 1.82) is 0 Å². The van der Waals surface area contributed by atoms with E-state index in [0.29, 0.717) is 29.1 Å². The summed E-state index contributed by atoms with van der Waals surface area (Å²) in [6, 6.07) is 9.58. The van der Waals surface area contributed by atoms with Crippen molar-refractivity contribution in [3.05, 3.63) is 95.4 Å². The van der Waals surface area contributed by atoms with Crippen LogP contribution in [0.1, 0.15) is 5.56 Å². The summed E-state index contributed by atoms with van der Waals surface area (Å²) in [7, 11) is 0. The lowest BCUT2D eigenvalue weighted by Crippen LogP contribution is -2.20. The Morgan fingerprint density at radius 3 is 2.33 bits per heavy atom. The lowest BCUT2D eigenvalue weighted by atomic mass is 10.0. The van der Waals surface area contributed by atoms with Gasteiger partial charge >= 0.3 is 12.2 Å². The average molecular weight is 560 g/mol. The fourth-order valence-corrected chi connectivity index (χ4v) is 3.79. The fourth-order valence-electron chi connectivity index (χ4n) is 3.57. The van der Waals surface area contributed by atoms with Crippen LogP contribution in [0.5, 0.6) is 0 Å². The summed E-state index contributed by atoms with van der Waals surface area (Å²) in [6.45, 7) is 3.51. The molecule has 4 rings (SSSR count). The summed E-state index contributed by atoms with van der Waals surface area (Å²) in [4.78, 5) is 24.5. The first kappa shape index (κ1) is 27.4. The maximum absolute atomic E-state index is 15.3. The number of nitrogens with one attached hydrogen (secondary N) is 4. The lowest BCUT2D eigenvalue weighted by Gasteiger charge is -2.12. The van der Waals surface area contributed by atoms with E-state index in [2.05, 4.69) is 40.0 Å². The van der Waals surface area contributed by atoms with Crippen molar-refractivity contribution in [2.24, 2.45) is 0 Å². The van der Waals surface area contributed by atoms with Gasteiger partial charge in [0.05, 0.1) is 11.3 Å². The summed E-state index contributed by atoms with van der Waals surface area (Å²) in [5.41, 5.74) is -0.704. The molecule has 0 spiro atoms. The molecule has 0 radical (unpaired) electrons. The van der Waals surface area contributed by atoms with Gasteiger partial charge in [-0.05, 0) is 47.4 Å². The van der Waals surface area contributed by atoms with Crippen LogP contribution in [0, 0.1) is 11.6 Å². The van der Waals surface area contributed by atoms with E-state index in [9.17, 15) is 27.2 Å². The molecule has 4 aromatic rings. The van der Waals surface area contributed by atoms with Gasteiger partial charge in [-0.1, -0.05) is 30.9 Å². The molecule has 0 fully saturated rings. The van der Waals surface area contributed by atoms with Crippen LogP contribution < -0.4 is 16.0 Å². The molecule has 0 aliphatic carbocycles. The van der Waals surface area contributed by atoms with Crippen LogP contribution in [0.3, 0.4) is 0 Å². The van der Waals surface area contributed by atoms with E-state index in [1.165, 1.54) is 41.8 Å². The highest BCUT2D eigenvalue weighted by molar-refractivity contribution is 7.83. The number of halogens is 5. The van der Waals surface area contributed by atoms with Crippen LogP contribution in [0.2, 0.25) is 0 Å². The topological polar surface area (TPSA) is 98.9 Å². The molecule has 0 aliphatic heterocycles. The van der Waals surface area contributed by atoms with Crippen LogP contribution in [-0.4, -0.2) is 22.1 Å². The first-order valence-corrected chi connectivity index (χ1v) is 11.5. The van der Waals surface area contributed by atoms with E-state index >= 15 is 4.39 Å². The number of hydrogen-bond acceptors (Lipinski definition) is 4.